The van der Waals surface area contributed by atoms with Crippen molar-refractivity contribution in [3.63, 3.8) is 0 Å². The summed E-state index contributed by atoms with van der Waals surface area (Å²) in [7, 11) is 1.64. The number of ether oxygens (including phenoxy) is 3. The average Bonchev–Trinajstić information content (AvgIpc) is 2.81. The van der Waals surface area contributed by atoms with Gasteiger partial charge in [-0.2, -0.15) is 0 Å². The summed E-state index contributed by atoms with van der Waals surface area (Å²) in [6, 6.07) is 0. The summed E-state index contributed by atoms with van der Waals surface area (Å²) < 4.78 is 15.0. The molecule has 0 aromatic carbocycles. The quantitative estimate of drug-likeness (QED) is 0.517. The Labute approximate surface area is 117 Å². The molecule has 7 heteroatoms. The van der Waals surface area contributed by atoms with Crippen LogP contribution < -0.4 is 5.32 Å². The largest absolute Gasteiger partial charge is 0.466 e. The van der Waals surface area contributed by atoms with Gasteiger partial charge < -0.3 is 19.5 Å². The minimum Gasteiger partial charge on any atom is -0.466 e. The Hall–Kier alpha value is -1.18. The van der Waals surface area contributed by atoms with Gasteiger partial charge in [0.1, 0.15) is 0 Å². The highest BCUT2D eigenvalue weighted by molar-refractivity contribution is 7.13. The van der Waals surface area contributed by atoms with Crippen molar-refractivity contribution in [3.8, 4) is 0 Å². The second-order valence-corrected chi connectivity index (χ2v) is 4.52. The number of methoxy groups -OCH3 is 1. The van der Waals surface area contributed by atoms with Gasteiger partial charge in [-0.05, 0) is 6.92 Å². The highest BCUT2D eigenvalue weighted by Crippen LogP contribution is 2.15. The molecule has 0 bridgehead atoms. The second kappa shape index (κ2) is 9.71. The van der Waals surface area contributed by atoms with E-state index in [-0.39, 0.29) is 12.4 Å². The molecule has 0 aliphatic rings. The number of thiazole rings is 1. The van der Waals surface area contributed by atoms with Crippen molar-refractivity contribution < 1.29 is 19.0 Å². The minimum atomic E-state index is -0.248. The first kappa shape index (κ1) is 15.9. The summed E-state index contributed by atoms with van der Waals surface area (Å²) in [5, 5.41) is 5.78. The number of nitrogens with one attached hydrogen (secondary N) is 1. The molecule has 0 spiro atoms. The van der Waals surface area contributed by atoms with Crippen molar-refractivity contribution >= 4 is 22.4 Å². The predicted octanol–water partition coefficient (Wildman–Crippen LogP) is 1.32. The Morgan fingerprint density at radius 3 is 3.00 bits per heavy atom. The fraction of sp³-hybridized carbons (Fsp3) is 0.667. The number of anilines is 1. The average molecular weight is 288 g/mol. The van der Waals surface area contributed by atoms with E-state index in [2.05, 4.69) is 10.3 Å². The van der Waals surface area contributed by atoms with Crippen LogP contribution in [0.4, 0.5) is 5.13 Å². The van der Waals surface area contributed by atoms with E-state index in [4.69, 9.17) is 14.2 Å². The van der Waals surface area contributed by atoms with Crippen LogP contribution in [0.15, 0.2) is 5.38 Å². The molecule has 108 valence electrons. The van der Waals surface area contributed by atoms with Gasteiger partial charge in [0, 0.05) is 19.0 Å². The number of carbonyl (C=O) groups excluding carboxylic acids is 1. The van der Waals surface area contributed by atoms with Crippen LogP contribution in [0.1, 0.15) is 12.6 Å². The van der Waals surface area contributed by atoms with E-state index in [9.17, 15) is 4.79 Å². The molecule has 1 heterocycles. The van der Waals surface area contributed by atoms with E-state index in [1.807, 2.05) is 5.38 Å². The van der Waals surface area contributed by atoms with Crippen LogP contribution in [0.5, 0.6) is 0 Å². The van der Waals surface area contributed by atoms with Crippen molar-refractivity contribution in [2.24, 2.45) is 0 Å². The van der Waals surface area contributed by atoms with Crippen molar-refractivity contribution in [2.45, 2.75) is 13.3 Å². The standard InChI is InChI=1S/C12H20N2O4S/c1-3-18-11(15)8-10-9-19-12(14-10)13-4-5-17-7-6-16-2/h9H,3-8H2,1-2H3,(H,13,14). The van der Waals surface area contributed by atoms with Crippen LogP contribution in [0.25, 0.3) is 0 Å². The molecule has 0 aliphatic heterocycles. The van der Waals surface area contributed by atoms with Gasteiger partial charge in [0.05, 0.1) is 38.5 Å². The van der Waals surface area contributed by atoms with Gasteiger partial charge in [0.25, 0.3) is 0 Å². The number of rotatable bonds is 10. The van der Waals surface area contributed by atoms with Gasteiger partial charge in [-0.25, -0.2) is 4.98 Å². The van der Waals surface area contributed by atoms with E-state index >= 15 is 0 Å². The Bertz CT molecular complexity index is 370. The SMILES string of the molecule is CCOC(=O)Cc1csc(NCCOCCOC)n1. The van der Waals surface area contributed by atoms with Gasteiger partial charge >= 0.3 is 5.97 Å². The van der Waals surface area contributed by atoms with E-state index < -0.39 is 0 Å². The zero-order chi connectivity index (χ0) is 13.9. The summed E-state index contributed by atoms with van der Waals surface area (Å²) in [4.78, 5) is 15.6. The number of aromatic nitrogens is 1. The number of nitrogens with zero attached hydrogens (tertiary/aromatic N) is 1. The van der Waals surface area contributed by atoms with Crippen molar-refractivity contribution in [2.75, 3.05) is 45.4 Å². The van der Waals surface area contributed by atoms with Crippen LogP contribution in [-0.2, 0) is 25.4 Å². The van der Waals surface area contributed by atoms with Crippen molar-refractivity contribution in [1.82, 2.24) is 4.98 Å². The molecule has 0 saturated heterocycles. The zero-order valence-electron chi connectivity index (χ0n) is 11.3. The Kier molecular flexibility index (Phi) is 8.11. The third-order valence-electron chi connectivity index (χ3n) is 2.14. The first-order chi connectivity index (χ1) is 9.26. The Balaban J connectivity index is 2.18. The number of hydrogen-bond donors (Lipinski definition) is 1. The van der Waals surface area contributed by atoms with Crippen molar-refractivity contribution in [1.29, 1.82) is 0 Å². The number of hydrogen-bond acceptors (Lipinski definition) is 7. The highest BCUT2D eigenvalue weighted by atomic mass is 32.1. The molecule has 19 heavy (non-hydrogen) atoms. The fourth-order valence-electron chi connectivity index (χ4n) is 1.30. The molecule has 1 aromatic heterocycles. The first-order valence-corrected chi connectivity index (χ1v) is 7.04. The lowest BCUT2D eigenvalue weighted by molar-refractivity contribution is -0.142. The third kappa shape index (κ3) is 7.09. The van der Waals surface area contributed by atoms with E-state index in [1.165, 1.54) is 11.3 Å². The van der Waals surface area contributed by atoms with Crippen LogP contribution in [0.2, 0.25) is 0 Å². The maximum Gasteiger partial charge on any atom is 0.311 e. The fourth-order valence-corrected chi connectivity index (χ4v) is 2.04. The number of carbonyl (C=O) groups is 1. The molecule has 0 atom stereocenters. The molecule has 6 nitrogen and oxygen atoms in total. The highest BCUT2D eigenvalue weighted by Gasteiger charge is 2.07. The summed E-state index contributed by atoms with van der Waals surface area (Å²) in [6.07, 6.45) is 0.219. The zero-order valence-corrected chi connectivity index (χ0v) is 12.1. The molecule has 1 aromatic rings. The maximum absolute atomic E-state index is 11.3. The first-order valence-electron chi connectivity index (χ1n) is 6.16. The molecule has 0 fully saturated rings. The molecule has 0 unspecified atom stereocenters. The van der Waals surface area contributed by atoms with Gasteiger partial charge in [-0.15, -0.1) is 11.3 Å². The normalized spacial score (nSPS) is 10.4. The van der Waals surface area contributed by atoms with Gasteiger partial charge in [0.2, 0.25) is 0 Å². The molecule has 0 amide bonds. The van der Waals surface area contributed by atoms with E-state index in [1.54, 1.807) is 14.0 Å². The van der Waals surface area contributed by atoms with Crippen LogP contribution in [0, 0.1) is 0 Å². The minimum absolute atomic E-state index is 0.219. The van der Waals surface area contributed by atoms with Crippen LogP contribution in [-0.4, -0.2) is 51.0 Å². The molecular weight excluding hydrogens is 268 g/mol. The monoisotopic (exact) mass is 288 g/mol. The van der Waals surface area contributed by atoms with Gasteiger partial charge in [-0.3, -0.25) is 4.79 Å². The molecule has 0 aliphatic carbocycles. The van der Waals surface area contributed by atoms with Crippen molar-refractivity contribution in [3.05, 3.63) is 11.1 Å². The smallest absolute Gasteiger partial charge is 0.311 e. The third-order valence-corrected chi connectivity index (χ3v) is 2.99. The molecule has 1 N–H and O–H groups in total. The lowest BCUT2D eigenvalue weighted by atomic mass is 10.3. The van der Waals surface area contributed by atoms with Crippen LogP contribution in [0.3, 0.4) is 0 Å². The lowest BCUT2D eigenvalue weighted by Gasteiger charge is -2.04. The van der Waals surface area contributed by atoms with E-state index in [0.29, 0.717) is 33.0 Å². The summed E-state index contributed by atoms with van der Waals surface area (Å²) in [6.45, 7) is 4.64. The van der Waals surface area contributed by atoms with Gasteiger partial charge in [0.15, 0.2) is 5.13 Å². The molecule has 1 rings (SSSR count). The van der Waals surface area contributed by atoms with Gasteiger partial charge in [-0.1, -0.05) is 0 Å². The topological polar surface area (TPSA) is 69.7 Å². The van der Waals surface area contributed by atoms with Crippen LogP contribution >= 0.6 is 11.3 Å². The predicted molar refractivity (Wildman–Crippen MR) is 73.6 cm³/mol. The molecular formula is C12H20N2O4S. The lowest BCUT2D eigenvalue weighted by Crippen LogP contribution is -2.12. The maximum atomic E-state index is 11.3. The molecule has 0 saturated carbocycles. The second-order valence-electron chi connectivity index (χ2n) is 3.66. The Morgan fingerprint density at radius 1 is 1.42 bits per heavy atom. The summed E-state index contributed by atoms with van der Waals surface area (Å²) in [5.74, 6) is -0.248. The van der Waals surface area contributed by atoms with E-state index in [0.717, 1.165) is 10.8 Å². The molecule has 0 radical (unpaired) electrons. The number of esters is 1. The summed E-state index contributed by atoms with van der Waals surface area (Å²) in [5.41, 5.74) is 0.728. The Morgan fingerprint density at radius 2 is 2.26 bits per heavy atom. The summed E-state index contributed by atoms with van der Waals surface area (Å²) >= 11 is 1.47.